The Morgan fingerprint density at radius 3 is 2.58 bits per heavy atom. The number of amides is 1. The van der Waals surface area contributed by atoms with E-state index in [2.05, 4.69) is 0 Å². The molecule has 132 valence electrons. The van der Waals surface area contributed by atoms with Gasteiger partial charge in [0.05, 0.1) is 31.8 Å². The summed E-state index contributed by atoms with van der Waals surface area (Å²) < 4.78 is 19.0. The van der Waals surface area contributed by atoms with Crippen LogP contribution in [0.25, 0.3) is 0 Å². The van der Waals surface area contributed by atoms with Crippen LogP contribution < -0.4 is 0 Å². The maximum atomic E-state index is 13.7. The fraction of sp³-hybridized carbons (Fsp3) is 0.588. The van der Waals surface area contributed by atoms with Gasteiger partial charge in [0.15, 0.2) is 0 Å². The molecule has 2 saturated heterocycles. The second-order valence-electron chi connectivity index (χ2n) is 6.35. The zero-order valence-corrected chi connectivity index (χ0v) is 13.5. The molecule has 3 atom stereocenters. The first kappa shape index (κ1) is 17.3. The van der Waals surface area contributed by atoms with E-state index in [1.54, 1.807) is 23.1 Å². The van der Waals surface area contributed by atoms with E-state index in [1.807, 2.05) is 4.90 Å². The molecule has 2 aliphatic rings. The molecular formula is C17H23FN2O4. The normalized spacial score (nSPS) is 28.8. The predicted molar refractivity (Wildman–Crippen MR) is 84.9 cm³/mol. The molecule has 0 unspecified atom stereocenters. The number of halogens is 1. The van der Waals surface area contributed by atoms with Crippen LogP contribution in [-0.4, -0.2) is 83.6 Å². The molecule has 1 aromatic rings. The molecule has 1 amide bonds. The lowest BCUT2D eigenvalue weighted by Crippen LogP contribution is -2.60. The van der Waals surface area contributed by atoms with Gasteiger partial charge in [-0.05, 0) is 11.6 Å². The molecule has 0 aromatic heterocycles. The van der Waals surface area contributed by atoms with Crippen molar-refractivity contribution in [2.75, 3.05) is 39.4 Å². The molecule has 0 saturated carbocycles. The first-order valence-corrected chi connectivity index (χ1v) is 8.25. The Kier molecular flexibility index (Phi) is 5.45. The minimum Gasteiger partial charge on any atom is -0.389 e. The van der Waals surface area contributed by atoms with Gasteiger partial charge >= 0.3 is 0 Å². The largest absolute Gasteiger partial charge is 0.389 e. The Labute approximate surface area is 140 Å². The molecule has 6 nitrogen and oxygen atoms in total. The summed E-state index contributed by atoms with van der Waals surface area (Å²) in [6.45, 7) is 2.76. The Balaban J connectivity index is 1.53. The summed E-state index contributed by atoms with van der Waals surface area (Å²) in [4.78, 5) is 16.1. The molecule has 0 spiro atoms. The number of rotatable bonds is 3. The molecule has 2 fully saturated rings. The minimum atomic E-state index is -0.871. The number of aliphatic hydroxyl groups is 2. The van der Waals surface area contributed by atoms with E-state index >= 15 is 0 Å². The minimum absolute atomic E-state index is 0.0561. The number of benzene rings is 1. The summed E-state index contributed by atoms with van der Waals surface area (Å²) in [7, 11) is 0. The van der Waals surface area contributed by atoms with Crippen molar-refractivity contribution in [3.05, 3.63) is 35.6 Å². The second-order valence-corrected chi connectivity index (χ2v) is 6.35. The maximum Gasteiger partial charge on any atom is 0.227 e. The molecule has 0 bridgehead atoms. The molecule has 2 aliphatic heterocycles. The summed E-state index contributed by atoms with van der Waals surface area (Å²) in [6, 6.07) is 6.06. The summed E-state index contributed by atoms with van der Waals surface area (Å²) in [5.74, 6) is -0.457. The summed E-state index contributed by atoms with van der Waals surface area (Å²) in [6.07, 6.45) is -1.65. The number of carbonyl (C=O) groups excluding carboxylic acids is 1. The number of aliphatic hydroxyl groups excluding tert-OH is 2. The highest BCUT2D eigenvalue weighted by Crippen LogP contribution is 2.18. The Morgan fingerprint density at radius 1 is 1.17 bits per heavy atom. The van der Waals surface area contributed by atoms with Gasteiger partial charge in [0.2, 0.25) is 5.91 Å². The van der Waals surface area contributed by atoms with Gasteiger partial charge < -0.3 is 19.8 Å². The Bertz CT molecular complexity index is 577. The van der Waals surface area contributed by atoms with Gasteiger partial charge in [0.25, 0.3) is 0 Å². The quantitative estimate of drug-likeness (QED) is 0.787. The van der Waals surface area contributed by atoms with E-state index in [4.69, 9.17) is 4.74 Å². The van der Waals surface area contributed by atoms with Crippen LogP contribution in [0.1, 0.15) is 5.56 Å². The maximum absolute atomic E-state index is 13.7. The van der Waals surface area contributed by atoms with Crippen molar-refractivity contribution < 1.29 is 24.1 Å². The summed E-state index contributed by atoms with van der Waals surface area (Å²) >= 11 is 0. The van der Waals surface area contributed by atoms with Gasteiger partial charge in [-0.2, -0.15) is 0 Å². The van der Waals surface area contributed by atoms with Gasteiger partial charge in [-0.15, -0.1) is 0 Å². The van der Waals surface area contributed by atoms with Crippen molar-refractivity contribution in [2.45, 2.75) is 24.7 Å². The monoisotopic (exact) mass is 338 g/mol. The topological polar surface area (TPSA) is 73.2 Å². The summed E-state index contributed by atoms with van der Waals surface area (Å²) in [5.41, 5.74) is 0.407. The highest BCUT2D eigenvalue weighted by molar-refractivity contribution is 5.79. The highest BCUT2D eigenvalue weighted by Gasteiger charge is 2.37. The zero-order chi connectivity index (χ0) is 17.1. The predicted octanol–water partition coefficient (Wildman–Crippen LogP) is -0.367. The van der Waals surface area contributed by atoms with Gasteiger partial charge in [-0.1, -0.05) is 18.2 Å². The van der Waals surface area contributed by atoms with Crippen molar-refractivity contribution in [2.24, 2.45) is 0 Å². The van der Waals surface area contributed by atoms with Gasteiger partial charge in [0.1, 0.15) is 11.9 Å². The van der Waals surface area contributed by atoms with Crippen molar-refractivity contribution >= 4 is 5.91 Å². The average Bonchev–Trinajstić information content (AvgIpc) is 2.59. The SMILES string of the molecule is O=C(Cc1ccccc1F)N1CCN([C@@H]2COC[C@@H](O)[C@H]2O)CC1. The van der Waals surface area contributed by atoms with Crippen molar-refractivity contribution in [1.29, 1.82) is 0 Å². The Hall–Kier alpha value is -1.54. The summed E-state index contributed by atoms with van der Waals surface area (Å²) in [5, 5.41) is 19.8. The number of hydrogen-bond acceptors (Lipinski definition) is 5. The van der Waals surface area contributed by atoms with Crippen LogP contribution >= 0.6 is 0 Å². The van der Waals surface area contributed by atoms with E-state index in [-0.39, 0.29) is 30.8 Å². The van der Waals surface area contributed by atoms with E-state index in [9.17, 15) is 19.4 Å². The lowest BCUT2D eigenvalue weighted by atomic mass is 10.0. The van der Waals surface area contributed by atoms with E-state index in [0.29, 0.717) is 38.3 Å². The number of hydrogen-bond donors (Lipinski definition) is 2. The van der Waals surface area contributed by atoms with E-state index in [0.717, 1.165) is 0 Å². The standard InChI is InChI=1S/C17H23FN2O4/c18-13-4-2-1-3-12(13)9-16(22)20-7-5-19(6-8-20)14-10-24-11-15(21)17(14)23/h1-4,14-15,17,21,23H,5-11H2/t14-,15-,17+/m1/s1. The highest BCUT2D eigenvalue weighted by atomic mass is 19.1. The van der Waals surface area contributed by atoms with Gasteiger partial charge in [-0.25, -0.2) is 4.39 Å². The smallest absolute Gasteiger partial charge is 0.227 e. The van der Waals surface area contributed by atoms with Crippen LogP contribution in [0.2, 0.25) is 0 Å². The fourth-order valence-corrected chi connectivity index (χ4v) is 3.30. The molecule has 3 rings (SSSR count). The molecule has 7 heteroatoms. The molecular weight excluding hydrogens is 315 g/mol. The van der Waals surface area contributed by atoms with Crippen LogP contribution in [0, 0.1) is 5.82 Å². The lowest BCUT2D eigenvalue weighted by molar-refractivity contribution is -0.144. The number of ether oxygens (including phenoxy) is 1. The van der Waals surface area contributed by atoms with Crippen molar-refractivity contribution in [1.82, 2.24) is 9.80 Å². The average molecular weight is 338 g/mol. The molecule has 2 N–H and O–H groups in total. The third kappa shape index (κ3) is 3.75. The number of carbonyl (C=O) groups is 1. The first-order chi connectivity index (χ1) is 11.6. The third-order valence-corrected chi connectivity index (χ3v) is 4.80. The van der Waals surface area contributed by atoms with Crippen molar-refractivity contribution in [3.8, 4) is 0 Å². The fourth-order valence-electron chi connectivity index (χ4n) is 3.30. The van der Waals surface area contributed by atoms with Gasteiger partial charge in [-0.3, -0.25) is 9.69 Å². The molecule has 2 heterocycles. The van der Waals surface area contributed by atoms with Crippen LogP contribution in [0.5, 0.6) is 0 Å². The van der Waals surface area contributed by atoms with Crippen LogP contribution in [0.4, 0.5) is 4.39 Å². The molecule has 24 heavy (non-hydrogen) atoms. The Morgan fingerprint density at radius 2 is 1.88 bits per heavy atom. The van der Waals surface area contributed by atoms with Crippen molar-refractivity contribution in [3.63, 3.8) is 0 Å². The number of nitrogens with zero attached hydrogens (tertiary/aromatic N) is 2. The molecule has 0 aliphatic carbocycles. The van der Waals surface area contributed by atoms with Crippen LogP contribution in [-0.2, 0) is 16.0 Å². The van der Waals surface area contributed by atoms with Crippen LogP contribution in [0.3, 0.4) is 0 Å². The second kappa shape index (κ2) is 7.57. The zero-order valence-electron chi connectivity index (χ0n) is 13.5. The lowest BCUT2D eigenvalue weighted by Gasteiger charge is -2.43. The van der Waals surface area contributed by atoms with E-state index < -0.39 is 12.2 Å². The van der Waals surface area contributed by atoms with E-state index in [1.165, 1.54) is 6.07 Å². The van der Waals surface area contributed by atoms with Crippen LogP contribution in [0.15, 0.2) is 24.3 Å². The molecule has 0 radical (unpaired) electrons. The molecule has 1 aromatic carbocycles. The first-order valence-electron chi connectivity index (χ1n) is 8.25. The van der Waals surface area contributed by atoms with Gasteiger partial charge in [0, 0.05) is 26.2 Å². The third-order valence-electron chi connectivity index (χ3n) is 4.80. The number of piperazine rings is 1.